The predicted molar refractivity (Wildman–Crippen MR) is 78.8 cm³/mol. The highest BCUT2D eigenvalue weighted by Gasteiger charge is 2.20. The Morgan fingerprint density at radius 2 is 2.17 bits per heavy atom. The Labute approximate surface area is 124 Å². The zero-order chi connectivity index (χ0) is 11.4. The van der Waals surface area contributed by atoms with Crippen LogP contribution in [0.4, 0.5) is 0 Å². The van der Waals surface area contributed by atoms with Crippen LogP contribution in [0.15, 0.2) is 5.38 Å². The van der Waals surface area contributed by atoms with Gasteiger partial charge in [-0.2, -0.15) is 0 Å². The smallest absolute Gasteiger partial charge is 0.223 e. The van der Waals surface area contributed by atoms with Gasteiger partial charge in [-0.3, -0.25) is 4.79 Å². The first-order valence-corrected chi connectivity index (χ1v) is 6.53. The fourth-order valence-electron chi connectivity index (χ4n) is 1.88. The van der Waals surface area contributed by atoms with Crippen LogP contribution < -0.4 is 10.6 Å². The van der Waals surface area contributed by atoms with Gasteiger partial charge in [0.05, 0.1) is 6.54 Å². The summed E-state index contributed by atoms with van der Waals surface area (Å²) in [6.45, 7) is 4.44. The maximum atomic E-state index is 11.8. The summed E-state index contributed by atoms with van der Waals surface area (Å²) in [5.41, 5.74) is 1.02. The van der Waals surface area contributed by atoms with Crippen molar-refractivity contribution in [3.8, 4) is 0 Å². The number of aromatic nitrogens is 1. The number of hydrogen-bond acceptors (Lipinski definition) is 4. The number of thiazole rings is 1. The SMILES string of the molecule is Cc1csc(CNC(=O)C2CCNCC2)n1.Cl.Cl. The second-order valence-corrected chi connectivity index (χ2v) is 5.07. The Morgan fingerprint density at radius 1 is 1.50 bits per heavy atom. The van der Waals surface area contributed by atoms with E-state index in [1.807, 2.05) is 12.3 Å². The van der Waals surface area contributed by atoms with E-state index >= 15 is 0 Å². The van der Waals surface area contributed by atoms with Gasteiger partial charge in [0.15, 0.2) is 0 Å². The quantitative estimate of drug-likeness (QED) is 0.896. The molecule has 0 atom stereocenters. The standard InChI is InChI=1S/C11H17N3OS.2ClH/c1-8-7-16-10(14-8)6-13-11(15)9-2-4-12-5-3-9;;/h7,9,12H,2-6H2,1H3,(H,13,15);2*1H. The molecule has 1 aromatic heterocycles. The van der Waals surface area contributed by atoms with Crippen molar-refractivity contribution in [2.45, 2.75) is 26.3 Å². The number of nitrogens with one attached hydrogen (secondary N) is 2. The second kappa shape index (κ2) is 8.69. The molecule has 1 fully saturated rings. The number of aryl methyl sites for hydroxylation is 1. The van der Waals surface area contributed by atoms with Crippen molar-refractivity contribution in [1.82, 2.24) is 15.6 Å². The van der Waals surface area contributed by atoms with Crippen LogP contribution in [0.3, 0.4) is 0 Å². The summed E-state index contributed by atoms with van der Waals surface area (Å²) in [5, 5.41) is 9.21. The molecule has 1 saturated heterocycles. The van der Waals surface area contributed by atoms with Gasteiger partial charge in [0.25, 0.3) is 0 Å². The molecule has 18 heavy (non-hydrogen) atoms. The number of halogens is 2. The van der Waals surface area contributed by atoms with Crippen molar-refractivity contribution in [3.63, 3.8) is 0 Å². The molecule has 7 heteroatoms. The van der Waals surface area contributed by atoms with Crippen LogP contribution in [0.25, 0.3) is 0 Å². The molecule has 0 unspecified atom stereocenters. The summed E-state index contributed by atoms with van der Waals surface area (Å²) in [5.74, 6) is 0.358. The molecule has 2 rings (SSSR count). The largest absolute Gasteiger partial charge is 0.349 e. The molecule has 0 spiro atoms. The lowest BCUT2D eigenvalue weighted by atomic mass is 9.97. The first-order valence-electron chi connectivity index (χ1n) is 5.65. The molecule has 0 saturated carbocycles. The predicted octanol–water partition coefficient (Wildman–Crippen LogP) is 1.91. The van der Waals surface area contributed by atoms with E-state index < -0.39 is 0 Å². The minimum absolute atomic E-state index is 0. The minimum Gasteiger partial charge on any atom is -0.349 e. The van der Waals surface area contributed by atoms with Crippen LogP contribution in [0, 0.1) is 12.8 Å². The average Bonchev–Trinajstić information content (AvgIpc) is 2.73. The van der Waals surface area contributed by atoms with Gasteiger partial charge in [0.1, 0.15) is 5.01 Å². The van der Waals surface area contributed by atoms with Crippen molar-refractivity contribution >= 4 is 42.1 Å². The van der Waals surface area contributed by atoms with Gasteiger partial charge in [0, 0.05) is 17.0 Å². The van der Waals surface area contributed by atoms with E-state index in [1.165, 1.54) is 0 Å². The van der Waals surface area contributed by atoms with Crippen molar-refractivity contribution in [2.24, 2.45) is 5.92 Å². The van der Waals surface area contributed by atoms with E-state index in [1.54, 1.807) is 11.3 Å². The molecule has 1 aromatic rings. The lowest BCUT2D eigenvalue weighted by Crippen LogP contribution is -2.37. The fourth-order valence-corrected chi connectivity index (χ4v) is 2.59. The number of rotatable bonds is 3. The van der Waals surface area contributed by atoms with Crippen molar-refractivity contribution < 1.29 is 4.79 Å². The lowest BCUT2D eigenvalue weighted by molar-refractivity contribution is -0.125. The number of carbonyl (C=O) groups excluding carboxylic acids is 1. The fraction of sp³-hybridized carbons (Fsp3) is 0.636. The Bertz CT molecular complexity index is 367. The summed E-state index contributed by atoms with van der Waals surface area (Å²) in [6.07, 6.45) is 1.89. The third-order valence-corrected chi connectivity index (χ3v) is 3.76. The highest BCUT2D eigenvalue weighted by atomic mass is 35.5. The van der Waals surface area contributed by atoms with Crippen LogP contribution in [0.2, 0.25) is 0 Å². The maximum Gasteiger partial charge on any atom is 0.223 e. The second-order valence-electron chi connectivity index (χ2n) is 4.12. The van der Waals surface area contributed by atoms with Gasteiger partial charge < -0.3 is 10.6 Å². The summed E-state index contributed by atoms with van der Waals surface area (Å²) in [7, 11) is 0. The van der Waals surface area contributed by atoms with Crippen LogP contribution in [0.5, 0.6) is 0 Å². The molecule has 1 aliphatic heterocycles. The van der Waals surface area contributed by atoms with Crippen LogP contribution >= 0.6 is 36.2 Å². The first kappa shape index (κ1) is 17.6. The van der Waals surface area contributed by atoms with Crippen molar-refractivity contribution in [2.75, 3.05) is 13.1 Å². The van der Waals surface area contributed by atoms with Gasteiger partial charge >= 0.3 is 0 Å². The Morgan fingerprint density at radius 3 is 2.72 bits per heavy atom. The third kappa shape index (κ3) is 5.10. The number of piperidine rings is 1. The minimum atomic E-state index is 0. The normalized spacial score (nSPS) is 15.4. The number of hydrogen-bond donors (Lipinski definition) is 2. The highest BCUT2D eigenvalue weighted by Crippen LogP contribution is 2.12. The monoisotopic (exact) mass is 311 g/mol. The molecule has 104 valence electrons. The molecule has 2 N–H and O–H groups in total. The van der Waals surface area contributed by atoms with E-state index in [0.29, 0.717) is 6.54 Å². The molecular weight excluding hydrogens is 293 g/mol. The molecule has 0 radical (unpaired) electrons. The van der Waals surface area contributed by atoms with Crippen molar-refractivity contribution in [1.29, 1.82) is 0 Å². The number of amides is 1. The van der Waals surface area contributed by atoms with Gasteiger partial charge in [-0.25, -0.2) is 4.98 Å². The average molecular weight is 312 g/mol. The van der Waals surface area contributed by atoms with Gasteiger partial charge in [-0.15, -0.1) is 36.2 Å². The highest BCUT2D eigenvalue weighted by molar-refractivity contribution is 7.09. The molecule has 0 bridgehead atoms. The summed E-state index contributed by atoms with van der Waals surface area (Å²) < 4.78 is 0. The zero-order valence-corrected chi connectivity index (χ0v) is 12.7. The van der Waals surface area contributed by atoms with Gasteiger partial charge in [-0.05, 0) is 32.9 Å². The lowest BCUT2D eigenvalue weighted by Gasteiger charge is -2.21. The van der Waals surface area contributed by atoms with Crippen molar-refractivity contribution in [3.05, 3.63) is 16.1 Å². The van der Waals surface area contributed by atoms with E-state index in [9.17, 15) is 4.79 Å². The van der Waals surface area contributed by atoms with Gasteiger partial charge in [-0.1, -0.05) is 0 Å². The zero-order valence-electron chi connectivity index (χ0n) is 10.3. The Balaban J connectivity index is 0.00000144. The summed E-state index contributed by atoms with van der Waals surface area (Å²) in [4.78, 5) is 16.1. The van der Waals surface area contributed by atoms with E-state index in [2.05, 4.69) is 15.6 Å². The van der Waals surface area contributed by atoms with Crippen LogP contribution in [-0.2, 0) is 11.3 Å². The van der Waals surface area contributed by atoms with E-state index in [-0.39, 0.29) is 36.6 Å². The molecular formula is C11H19Cl2N3OS. The molecule has 2 heterocycles. The van der Waals surface area contributed by atoms with Crippen LogP contribution in [0.1, 0.15) is 23.5 Å². The molecule has 1 aliphatic rings. The molecule has 4 nitrogen and oxygen atoms in total. The third-order valence-electron chi connectivity index (χ3n) is 2.79. The van der Waals surface area contributed by atoms with Gasteiger partial charge in [0.2, 0.25) is 5.91 Å². The maximum absolute atomic E-state index is 11.8. The summed E-state index contributed by atoms with van der Waals surface area (Å²) in [6, 6.07) is 0. The molecule has 0 aromatic carbocycles. The number of nitrogens with zero attached hydrogens (tertiary/aromatic N) is 1. The van der Waals surface area contributed by atoms with E-state index in [0.717, 1.165) is 36.6 Å². The van der Waals surface area contributed by atoms with Crippen LogP contribution in [-0.4, -0.2) is 24.0 Å². The Kier molecular flexibility index (Phi) is 8.52. The number of carbonyl (C=O) groups is 1. The molecule has 1 amide bonds. The topological polar surface area (TPSA) is 54.0 Å². The first-order chi connectivity index (χ1) is 7.75. The summed E-state index contributed by atoms with van der Waals surface area (Å²) >= 11 is 1.60. The van der Waals surface area contributed by atoms with E-state index in [4.69, 9.17) is 0 Å². The molecule has 0 aliphatic carbocycles. The Hall–Kier alpha value is -0.360.